The number of rotatable bonds is 8. The molecule has 0 aliphatic heterocycles. The van der Waals surface area contributed by atoms with Crippen molar-refractivity contribution < 1.29 is 14.2 Å². The third-order valence-corrected chi connectivity index (χ3v) is 1.09. The Morgan fingerprint density at radius 3 is 2.00 bits per heavy atom. The zero-order chi connectivity index (χ0) is 8.36. The fraction of sp³-hybridized carbons (Fsp3) is 0.875. The zero-order valence-corrected chi connectivity index (χ0v) is 7.17. The summed E-state index contributed by atoms with van der Waals surface area (Å²) in [5, 5.41) is 0. The summed E-state index contributed by atoms with van der Waals surface area (Å²) in [5.74, 6) is 0. The summed E-state index contributed by atoms with van der Waals surface area (Å²) in [6, 6.07) is 0. The van der Waals surface area contributed by atoms with Crippen molar-refractivity contribution in [3.05, 3.63) is 6.92 Å². The third kappa shape index (κ3) is 9.88. The maximum absolute atomic E-state index is 5.16. The topological polar surface area (TPSA) is 27.7 Å². The fourth-order valence-electron chi connectivity index (χ4n) is 0.584. The van der Waals surface area contributed by atoms with Crippen molar-refractivity contribution in [2.45, 2.75) is 6.92 Å². The van der Waals surface area contributed by atoms with Crippen LogP contribution in [0, 0.1) is 6.92 Å². The molecule has 0 spiro atoms. The van der Waals surface area contributed by atoms with Crippen LogP contribution in [0.3, 0.4) is 0 Å². The van der Waals surface area contributed by atoms with Crippen LogP contribution in [0.5, 0.6) is 0 Å². The molecule has 0 aromatic carbocycles. The maximum Gasteiger partial charge on any atom is 0.0701 e. The average Bonchev–Trinajstić information content (AvgIpc) is 2.03. The van der Waals surface area contributed by atoms with Crippen LogP contribution < -0.4 is 0 Å². The molecule has 3 nitrogen and oxygen atoms in total. The molecule has 0 amide bonds. The molecule has 0 aromatic rings. The number of hydrogen-bond donors (Lipinski definition) is 0. The van der Waals surface area contributed by atoms with Crippen molar-refractivity contribution >= 4 is 0 Å². The van der Waals surface area contributed by atoms with Gasteiger partial charge in [-0.15, -0.1) is 0 Å². The van der Waals surface area contributed by atoms with Crippen molar-refractivity contribution in [2.24, 2.45) is 0 Å². The van der Waals surface area contributed by atoms with Crippen LogP contribution >= 0.6 is 0 Å². The van der Waals surface area contributed by atoms with E-state index in [1.54, 1.807) is 0 Å². The Morgan fingerprint density at radius 2 is 1.45 bits per heavy atom. The molecule has 0 fully saturated rings. The van der Waals surface area contributed by atoms with Gasteiger partial charge in [-0.25, -0.2) is 0 Å². The minimum atomic E-state index is 0.509. The second kappa shape index (κ2) is 9.88. The number of ether oxygens (including phenoxy) is 3. The Labute approximate surface area is 68.6 Å². The summed E-state index contributed by atoms with van der Waals surface area (Å²) >= 11 is 0. The molecule has 0 saturated carbocycles. The third-order valence-electron chi connectivity index (χ3n) is 1.09. The van der Waals surface area contributed by atoms with Crippen LogP contribution in [0.25, 0.3) is 0 Å². The van der Waals surface area contributed by atoms with Gasteiger partial charge in [-0.2, -0.15) is 0 Å². The monoisotopic (exact) mass is 161 g/mol. The van der Waals surface area contributed by atoms with Gasteiger partial charge in [0.15, 0.2) is 0 Å². The van der Waals surface area contributed by atoms with Gasteiger partial charge in [0.1, 0.15) is 0 Å². The van der Waals surface area contributed by atoms with E-state index in [2.05, 4.69) is 6.92 Å². The summed E-state index contributed by atoms with van der Waals surface area (Å²) in [6.07, 6.45) is 0. The molecule has 0 N–H and O–H groups in total. The first-order valence-corrected chi connectivity index (χ1v) is 3.94. The molecule has 67 valence electrons. The molecule has 0 saturated heterocycles. The summed E-state index contributed by atoms with van der Waals surface area (Å²) in [4.78, 5) is 0. The average molecular weight is 161 g/mol. The van der Waals surface area contributed by atoms with Crippen LogP contribution in [0.2, 0.25) is 0 Å². The molecule has 0 atom stereocenters. The Hall–Kier alpha value is -0.120. The van der Waals surface area contributed by atoms with Crippen molar-refractivity contribution in [2.75, 3.05) is 39.6 Å². The normalized spacial score (nSPS) is 10.4. The summed E-state index contributed by atoms with van der Waals surface area (Å²) in [7, 11) is 0. The predicted octanol–water partition coefficient (Wildman–Crippen LogP) is 0.890. The van der Waals surface area contributed by atoms with E-state index in [1.165, 1.54) is 0 Å². The van der Waals surface area contributed by atoms with Crippen molar-refractivity contribution in [3.63, 3.8) is 0 Å². The van der Waals surface area contributed by atoms with Crippen LogP contribution in [0.1, 0.15) is 6.92 Å². The van der Waals surface area contributed by atoms with Gasteiger partial charge < -0.3 is 14.2 Å². The minimum absolute atomic E-state index is 0.509. The van der Waals surface area contributed by atoms with Gasteiger partial charge in [0.2, 0.25) is 0 Å². The van der Waals surface area contributed by atoms with E-state index in [4.69, 9.17) is 14.2 Å². The highest BCUT2D eigenvalue weighted by molar-refractivity contribution is 4.33. The highest BCUT2D eigenvalue weighted by Crippen LogP contribution is 1.79. The Morgan fingerprint density at radius 1 is 0.909 bits per heavy atom. The van der Waals surface area contributed by atoms with E-state index in [1.807, 2.05) is 6.92 Å². The second-order valence-electron chi connectivity index (χ2n) is 1.92. The quantitative estimate of drug-likeness (QED) is 0.495. The van der Waals surface area contributed by atoms with E-state index in [9.17, 15) is 0 Å². The molecule has 0 bridgehead atoms. The van der Waals surface area contributed by atoms with Gasteiger partial charge in [0.25, 0.3) is 0 Å². The van der Waals surface area contributed by atoms with Crippen LogP contribution in [0.4, 0.5) is 0 Å². The molecule has 0 unspecified atom stereocenters. The second-order valence-corrected chi connectivity index (χ2v) is 1.92. The van der Waals surface area contributed by atoms with Gasteiger partial charge in [-0.3, -0.25) is 0 Å². The molecule has 0 aromatic heterocycles. The molecular formula is C8H17O3. The van der Waals surface area contributed by atoms with Gasteiger partial charge in [0, 0.05) is 13.2 Å². The van der Waals surface area contributed by atoms with E-state index >= 15 is 0 Å². The highest BCUT2D eigenvalue weighted by atomic mass is 16.5. The molecule has 3 heteroatoms. The maximum atomic E-state index is 5.16. The van der Waals surface area contributed by atoms with Gasteiger partial charge in [-0.05, 0) is 13.8 Å². The Bertz CT molecular complexity index is 58.4. The minimum Gasteiger partial charge on any atom is -0.379 e. The van der Waals surface area contributed by atoms with Gasteiger partial charge in [0.05, 0.1) is 26.4 Å². The number of hydrogen-bond acceptors (Lipinski definition) is 3. The van der Waals surface area contributed by atoms with E-state index < -0.39 is 0 Å². The van der Waals surface area contributed by atoms with Crippen LogP contribution in [0.15, 0.2) is 0 Å². The van der Waals surface area contributed by atoms with Crippen molar-refractivity contribution in [1.82, 2.24) is 0 Å². The summed E-state index contributed by atoms with van der Waals surface area (Å²) in [6.45, 7) is 9.32. The van der Waals surface area contributed by atoms with Crippen LogP contribution in [-0.2, 0) is 14.2 Å². The SMILES string of the molecule is [CH2]COCCOCCOCC. The Kier molecular flexibility index (Phi) is 9.77. The molecular weight excluding hydrogens is 144 g/mol. The molecule has 0 rings (SSSR count). The predicted molar refractivity (Wildman–Crippen MR) is 43.5 cm³/mol. The van der Waals surface area contributed by atoms with Crippen molar-refractivity contribution in [1.29, 1.82) is 0 Å². The molecule has 1 radical (unpaired) electrons. The largest absolute Gasteiger partial charge is 0.379 e. The Balaban J connectivity index is 2.69. The summed E-state index contributed by atoms with van der Waals surface area (Å²) < 4.78 is 15.2. The summed E-state index contributed by atoms with van der Waals surface area (Å²) in [5.41, 5.74) is 0. The fourth-order valence-corrected chi connectivity index (χ4v) is 0.584. The standard InChI is InChI=1S/C8H17O3/c1-3-9-5-7-11-8-6-10-4-2/h1,3-8H2,2H3. The lowest BCUT2D eigenvalue weighted by Gasteiger charge is -2.03. The zero-order valence-electron chi connectivity index (χ0n) is 7.17. The highest BCUT2D eigenvalue weighted by Gasteiger charge is 1.87. The molecule has 11 heavy (non-hydrogen) atoms. The van der Waals surface area contributed by atoms with Crippen LogP contribution in [-0.4, -0.2) is 39.6 Å². The van der Waals surface area contributed by atoms with Crippen molar-refractivity contribution in [3.8, 4) is 0 Å². The molecule has 0 aliphatic carbocycles. The van der Waals surface area contributed by atoms with E-state index in [-0.39, 0.29) is 0 Å². The lowest BCUT2D eigenvalue weighted by atomic mass is 10.7. The van der Waals surface area contributed by atoms with Gasteiger partial charge >= 0.3 is 0 Å². The van der Waals surface area contributed by atoms with Gasteiger partial charge in [-0.1, -0.05) is 0 Å². The molecule has 0 aliphatic rings. The lowest BCUT2D eigenvalue weighted by Crippen LogP contribution is -2.08. The first-order chi connectivity index (χ1) is 5.41. The first kappa shape index (κ1) is 10.9. The molecule has 0 heterocycles. The lowest BCUT2D eigenvalue weighted by molar-refractivity contribution is 0.0220. The smallest absolute Gasteiger partial charge is 0.0701 e. The van der Waals surface area contributed by atoms with E-state index in [0.717, 1.165) is 6.61 Å². The van der Waals surface area contributed by atoms with E-state index in [0.29, 0.717) is 33.0 Å². The first-order valence-electron chi connectivity index (χ1n) is 3.94.